The molecule has 0 aliphatic rings. The summed E-state index contributed by atoms with van der Waals surface area (Å²) < 4.78 is 31.4. The summed E-state index contributed by atoms with van der Waals surface area (Å²) in [4.78, 5) is 10.4. The second kappa shape index (κ2) is 5.80. The van der Waals surface area contributed by atoms with Gasteiger partial charge in [0.15, 0.2) is 11.6 Å². The molecule has 0 unspecified atom stereocenters. The van der Waals surface area contributed by atoms with Crippen LogP contribution in [0, 0.1) is 11.6 Å². The molecule has 5 heteroatoms. The maximum Gasteiger partial charge on any atom is 0.168 e. The summed E-state index contributed by atoms with van der Waals surface area (Å²) >= 11 is 5.95. The van der Waals surface area contributed by atoms with Crippen LogP contribution in [0.5, 0.6) is 11.5 Å². The minimum atomic E-state index is -0.798. The minimum absolute atomic E-state index is 0.0967. The van der Waals surface area contributed by atoms with Crippen molar-refractivity contribution in [1.82, 2.24) is 0 Å². The average molecular weight is 283 g/mol. The van der Waals surface area contributed by atoms with Gasteiger partial charge < -0.3 is 9.53 Å². The van der Waals surface area contributed by atoms with Crippen LogP contribution in [-0.4, -0.2) is 6.29 Å². The number of rotatable bonds is 4. The third-order valence-electron chi connectivity index (χ3n) is 2.45. The van der Waals surface area contributed by atoms with Crippen LogP contribution < -0.4 is 4.74 Å². The number of hydrogen-bond donors (Lipinski definition) is 0. The summed E-state index contributed by atoms with van der Waals surface area (Å²) in [6, 6.07) is 7.68. The van der Waals surface area contributed by atoms with Gasteiger partial charge in [-0.2, -0.15) is 0 Å². The van der Waals surface area contributed by atoms with Gasteiger partial charge in [-0.15, -0.1) is 0 Å². The highest BCUT2D eigenvalue weighted by molar-refractivity contribution is 6.31. The van der Waals surface area contributed by atoms with Gasteiger partial charge in [-0.25, -0.2) is 8.78 Å². The molecular formula is C14H9ClF2O2. The zero-order chi connectivity index (χ0) is 13.8. The number of aldehydes is 1. The number of hydrogen-bond acceptors (Lipinski definition) is 2. The normalized spacial score (nSPS) is 10.3. The highest BCUT2D eigenvalue weighted by atomic mass is 35.5. The van der Waals surface area contributed by atoms with E-state index in [0.29, 0.717) is 16.3 Å². The molecule has 0 N–H and O–H groups in total. The van der Waals surface area contributed by atoms with Gasteiger partial charge in [0.2, 0.25) is 0 Å². The molecule has 2 nitrogen and oxygen atoms in total. The molecule has 0 spiro atoms. The Morgan fingerprint density at radius 2 is 1.95 bits per heavy atom. The van der Waals surface area contributed by atoms with Crippen LogP contribution in [0.3, 0.4) is 0 Å². The molecule has 2 aromatic carbocycles. The van der Waals surface area contributed by atoms with E-state index < -0.39 is 11.6 Å². The van der Waals surface area contributed by atoms with E-state index in [1.54, 1.807) is 12.1 Å². The molecule has 0 aliphatic carbocycles. The Balaban J connectivity index is 2.23. The molecule has 0 radical (unpaired) electrons. The fourth-order valence-electron chi connectivity index (χ4n) is 1.53. The number of carbonyl (C=O) groups excluding carboxylic acids is 1. The molecule has 0 aliphatic heterocycles. The lowest BCUT2D eigenvalue weighted by Gasteiger charge is -2.08. The quantitative estimate of drug-likeness (QED) is 0.787. The van der Waals surface area contributed by atoms with Crippen molar-refractivity contribution in [2.45, 2.75) is 6.42 Å². The molecule has 0 aromatic heterocycles. The van der Waals surface area contributed by atoms with Crippen molar-refractivity contribution in [3.63, 3.8) is 0 Å². The summed E-state index contributed by atoms with van der Waals surface area (Å²) in [6.45, 7) is 0. The predicted octanol–water partition coefficient (Wildman–Crippen LogP) is 4.15. The standard InChI is InChI=1S/C14H9ClF2O2/c15-12-8-11(3-1-9(12)5-6-18)19-14-4-2-10(16)7-13(14)17/h1-4,6-8H,5H2. The molecular weight excluding hydrogens is 274 g/mol. The number of ether oxygens (including phenoxy) is 1. The monoisotopic (exact) mass is 282 g/mol. The van der Waals surface area contributed by atoms with Crippen molar-refractivity contribution >= 4 is 17.9 Å². The van der Waals surface area contributed by atoms with E-state index in [1.165, 1.54) is 12.1 Å². The highest BCUT2D eigenvalue weighted by Crippen LogP contribution is 2.28. The summed E-state index contributed by atoms with van der Waals surface area (Å²) in [6.07, 6.45) is 0.936. The number of carbonyl (C=O) groups is 1. The van der Waals surface area contributed by atoms with Gasteiger partial charge in [0.1, 0.15) is 17.9 Å². The first-order valence-corrected chi connectivity index (χ1v) is 5.83. The molecule has 0 fully saturated rings. The van der Waals surface area contributed by atoms with Crippen molar-refractivity contribution < 1.29 is 18.3 Å². The Hall–Kier alpha value is -1.94. The Bertz CT molecular complexity index is 614. The summed E-state index contributed by atoms with van der Waals surface area (Å²) in [5.41, 5.74) is 0.656. The van der Waals surface area contributed by atoms with Gasteiger partial charge in [0.05, 0.1) is 0 Å². The van der Waals surface area contributed by atoms with Gasteiger partial charge in [-0.1, -0.05) is 17.7 Å². The van der Waals surface area contributed by atoms with E-state index in [4.69, 9.17) is 16.3 Å². The molecule has 0 saturated carbocycles. The SMILES string of the molecule is O=CCc1ccc(Oc2ccc(F)cc2F)cc1Cl. The molecule has 0 atom stereocenters. The van der Waals surface area contributed by atoms with Crippen LogP contribution in [0.1, 0.15) is 5.56 Å². The van der Waals surface area contributed by atoms with Crippen LogP contribution >= 0.6 is 11.6 Å². The third kappa shape index (κ3) is 3.29. The van der Waals surface area contributed by atoms with Crippen molar-refractivity contribution in [2.24, 2.45) is 0 Å². The zero-order valence-electron chi connectivity index (χ0n) is 9.70. The maximum absolute atomic E-state index is 13.4. The summed E-state index contributed by atoms with van der Waals surface area (Å²) in [5.74, 6) is -1.26. The largest absolute Gasteiger partial charge is 0.454 e. The van der Waals surface area contributed by atoms with Gasteiger partial charge in [0.25, 0.3) is 0 Å². The lowest BCUT2D eigenvalue weighted by atomic mass is 10.1. The van der Waals surface area contributed by atoms with Gasteiger partial charge in [0, 0.05) is 17.5 Å². The van der Waals surface area contributed by atoms with Crippen molar-refractivity contribution in [3.05, 3.63) is 58.6 Å². The molecule has 0 saturated heterocycles. The second-order valence-corrected chi connectivity index (χ2v) is 4.21. The lowest BCUT2D eigenvalue weighted by molar-refractivity contribution is -0.107. The molecule has 19 heavy (non-hydrogen) atoms. The van der Waals surface area contributed by atoms with E-state index in [9.17, 15) is 13.6 Å². The van der Waals surface area contributed by atoms with Crippen molar-refractivity contribution in [2.75, 3.05) is 0 Å². The van der Waals surface area contributed by atoms with Gasteiger partial charge in [-0.05, 0) is 29.8 Å². The predicted molar refractivity (Wildman–Crippen MR) is 67.7 cm³/mol. The van der Waals surface area contributed by atoms with Crippen LogP contribution in [0.4, 0.5) is 8.78 Å². The van der Waals surface area contributed by atoms with E-state index in [2.05, 4.69) is 0 Å². The lowest BCUT2D eigenvalue weighted by Crippen LogP contribution is -1.92. The first-order valence-electron chi connectivity index (χ1n) is 5.45. The molecule has 98 valence electrons. The molecule has 0 bridgehead atoms. The molecule has 2 rings (SSSR count). The first-order chi connectivity index (χ1) is 9.10. The van der Waals surface area contributed by atoms with E-state index in [0.717, 1.165) is 18.4 Å². The summed E-state index contributed by atoms with van der Waals surface area (Å²) in [7, 11) is 0. The van der Waals surface area contributed by atoms with Crippen LogP contribution in [0.15, 0.2) is 36.4 Å². The molecule has 0 heterocycles. The van der Waals surface area contributed by atoms with Crippen LogP contribution in [-0.2, 0) is 11.2 Å². The van der Waals surface area contributed by atoms with Crippen molar-refractivity contribution in [3.8, 4) is 11.5 Å². The molecule has 0 amide bonds. The smallest absolute Gasteiger partial charge is 0.168 e. The second-order valence-electron chi connectivity index (χ2n) is 3.80. The summed E-state index contributed by atoms with van der Waals surface area (Å²) in [5, 5.41) is 0.354. The maximum atomic E-state index is 13.4. The molecule has 2 aromatic rings. The van der Waals surface area contributed by atoms with E-state index in [1.807, 2.05) is 0 Å². The Morgan fingerprint density at radius 1 is 1.16 bits per heavy atom. The zero-order valence-corrected chi connectivity index (χ0v) is 10.5. The van der Waals surface area contributed by atoms with Gasteiger partial charge in [-0.3, -0.25) is 0 Å². The van der Waals surface area contributed by atoms with Gasteiger partial charge >= 0.3 is 0 Å². The topological polar surface area (TPSA) is 26.3 Å². The Labute approximate surface area is 113 Å². The number of benzene rings is 2. The minimum Gasteiger partial charge on any atom is -0.454 e. The average Bonchev–Trinajstić information content (AvgIpc) is 2.36. The Morgan fingerprint density at radius 3 is 2.58 bits per heavy atom. The van der Waals surface area contributed by atoms with E-state index in [-0.39, 0.29) is 12.2 Å². The van der Waals surface area contributed by atoms with Crippen LogP contribution in [0.25, 0.3) is 0 Å². The fraction of sp³-hybridized carbons (Fsp3) is 0.0714. The number of halogens is 3. The highest BCUT2D eigenvalue weighted by Gasteiger charge is 2.08. The van der Waals surface area contributed by atoms with E-state index >= 15 is 0 Å². The Kier molecular flexibility index (Phi) is 4.12. The third-order valence-corrected chi connectivity index (χ3v) is 2.80. The fourth-order valence-corrected chi connectivity index (χ4v) is 1.78. The first kappa shape index (κ1) is 13.5. The van der Waals surface area contributed by atoms with Crippen LogP contribution in [0.2, 0.25) is 5.02 Å². The van der Waals surface area contributed by atoms with Crippen molar-refractivity contribution in [1.29, 1.82) is 0 Å².